The largest absolute Gasteiger partial charge is 0.497 e. The molecule has 2 amide bonds. The summed E-state index contributed by atoms with van der Waals surface area (Å²) >= 11 is 5.86. The summed E-state index contributed by atoms with van der Waals surface area (Å²) in [5.74, 6) is 0.357. The number of rotatable bonds is 7. The monoisotopic (exact) mass is 437 g/mol. The first-order chi connectivity index (χ1) is 15.0. The minimum atomic E-state index is -0.476. The second-order valence-electron chi connectivity index (χ2n) is 6.31. The number of hydrogen-bond acceptors (Lipinski definition) is 5. The molecule has 0 spiro atoms. The third kappa shape index (κ3) is 5.61. The normalized spacial score (nSPS) is 10.5. The maximum atomic E-state index is 12.6. The van der Waals surface area contributed by atoms with Gasteiger partial charge >= 0.3 is 0 Å². The first-order valence-electron chi connectivity index (χ1n) is 9.23. The van der Waals surface area contributed by atoms with E-state index >= 15 is 0 Å². The van der Waals surface area contributed by atoms with Crippen LogP contribution < -0.4 is 20.2 Å². The summed E-state index contributed by atoms with van der Waals surface area (Å²) in [4.78, 5) is 25.1. The topological polar surface area (TPSA) is 89.0 Å². The summed E-state index contributed by atoms with van der Waals surface area (Å²) in [6.45, 7) is 0. The van der Waals surface area contributed by atoms with Crippen LogP contribution in [0, 0.1) is 0 Å². The molecule has 0 unspecified atom stereocenters. The van der Waals surface area contributed by atoms with Gasteiger partial charge < -0.3 is 14.8 Å². The van der Waals surface area contributed by atoms with E-state index in [0.717, 1.165) is 0 Å². The van der Waals surface area contributed by atoms with Crippen LogP contribution in [0.3, 0.4) is 0 Å². The molecule has 0 aliphatic rings. The average molecular weight is 438 g/mol. The molecule has 0 aliphatic carbocycles. The molecule has 2 N–H and O–H groups in total. The summed E-state index contributed by atoms with van der Waals surface area (Å²) in [6.07, 6.45) is 1.46. The number of amides is 2. The van der Waals surface area contributed by atoms with E-state index in [4.69, 9.17) is 21.1 Å². The van der Waals surface area contributed by atoms with Gasteiger partial charge in [0.05, 0.1) is 31.7 Å². The number of nitrogens with zero attached hydrogens (tertiary/aromatic N) is 1. The Bertz CT molecular complexity index is 1110. The molecule has 0 aliphatic heterocycles. The smallest absolute Gasteiger partial charge is 0.273 e. The predicted molar refractivity (Wildman–Crippen MR) is 120 cm³/mol. The first kappa shape index (κ1) is 21.9. The van der Waals surface area contributed by atoms with E-state index in [1.54, 1.807) is 73.8 Å². The summed E-state index contributed by atoms with van der Waals surface area (Å²) in [7, 11) is 3.09. The van der Waals surface area contributed by atoms with E-state index in [-0.39, 0.29) is 11.5 Å². The SMILES string of the molecule is COc1ccc(/C=N\NC(=O)c2ccccc2NC(=O)c2ccc(Cl)cc2)c(OC)c1. The number of benzene rings is 3. The van der Waals surface area contributed by atoms with Crippen molar-refractivity contribution >= 4 is 35.3 Å². The molecule has 0 atom stereocenters. The molecular weight excluding hydrogens is 418 g/mol. The number of carbonyl (C=O) groups is 2. The van der Waals surface area contributed by atoms with Crippen molar-refractivity contribution in [1.82, 2.24) is 5.43 Å². The zero-order valence-corrected chi connectivity index (χ0v) is 17.6. The fourth-order valence-corrected chi connectivity index (χ4v) is 2.86. The summed E-state index contributed by atoms with van der Waals surface area (Å²) in [5, 5.41) is 7.27. The minimum absolute atomic E-state index is 0.267. The molecule has 158 valence electrons. The molecule has 3 rings (SSSR count). The van der Waals surface area contributed by atoms with Crippen LogP contribution in [0.2, 0.25) is 5.02 Å². The van der Waals surface area contributed by atoms with Crippen molar-refractivity contribution in [2.45, 2.75) is 0 Å². The van der Waals surface area contributed by atoms with Gasteiger partial charge in [-0.15, -0.1) is 0 Å². The second-order valence-corrected chi connectivity index (χ2v) is 6.75. The standard InChI is InChI=1S/C23H20ClN3O4/c1-30-18-12-9-16(21(13-18)31-2)14-25-27-23(29)19-5-3-4-6-20(19)26-22(28)15-7-10-17(24)11-8-15/h3-14H,1-2H3,(H,26,28)(H,27,29)/b25-14-. The Morgan fingerprint density at radius 2 is 1.68 bits per heavy atom. The van der Waals surface area contributed by atoms with Gasteiger partial charge in [0.1, 0.15) is 11.5 Å². The van der Waals surface area contributed by atoms with Gasteiger partial charge in [0.15, 0.2) is 0 Å². The Labute approximate surface area is 184 Å². The molecule has 0 radical (unpaired) electrons. The van der Waals surface area contributed by atoms with Gasteiger partial charge in [0, 0.05) is 22.2 Å². The lowest BCUT2D eigenvalue weighted by atomic mass is 10.1. The first-order valence-corrected chi connectivity index (χ1v) is 9.61. The number of para-hydroxylation sites is 1. The predicted octanol–water partition coefficient (Wildman–Crippen LogP) is 4.37. The molecule has 0 saturated carbocycles. The van der Waals surface area contributed by atoms with Gasteiger partial charge in [-0.05, 0) is 48.5 Å². The van der Waals surface area contributed by atoms with Crippen molar-refractivity contribution in [3.8, 4) is 11.5 Å². The number of ether oxygens (including phenoxy) is 2. The van der Waals surface area contributed by atoms with Crippen LogP contribution in [-0.4, -0.2) is 32.2 Å². The Morgan fingerprint density at radius 3 is 2.39 bits per heavy atom. The Hall–Kier alpha value is -3.84. The van der Waals surface area contributed by atoms with Crippen molar-refractivity contribution in [1.29, 1.82) is 0 Å². The fourth-order valence-electron chi connectivity index (χ4n) is 2.73. The van der Waals surface area contributed by atoms with Crippen LogP contribution in [0.5, 0.6) is 11.5 Å². The van der Waals surface area contributed by atoms with Crippen LogP contribution in [0.15, 0.2) is 71.8 Å². The van der Waals surface area contributed by atoms with E-state index in [1.165, 1.54) is 13.3 Å². The van der Waals surface area contributed by atoms with Gasteiger partial charge in [-0.25, -0.2) is 5.43 Å². The van der Waals surface area contributed by atoms with E-state index in [1.807, 2.05) is 0 Å². The molecule has 3 aromatic carbocycles. The lowest BCUT2D eigenvalue weighted by molar-refractivity contribution is 0.0956. The highest BCUT2D eigenvalue weighted by Gasteiger charge is 2.14. The van der Waals surface area contributed by atoms with Gasteiger partial charge in [-0.2, -0.15) is 5.10 Å². The summed E-state index contributed by atoms with van der Waals surface area (Å²) in [5.41, 5.74) is 4.17. The zero-order chi connectivity index (χ0) is 22.2. The highest BCUT2D eigenvalue weighted by Crippen LogP contribution is 2.23. The molecule has 0 fully saturated rings. The number of anilines is 1. The average Bonchev–Trinajstić information content (AvgIpc) is 2.79. The van der Waals surface area contributed by atoms with E-state index in [9.17, 15) is 9.59 Å². The maximum absolute atomic E-state index is 12.6. The van der Waals surface area contributed by atoms with E-state index in [2.05, 4.69) is 15.8 Å². The van der Waals surface area contributed by atoms with Gasteiger partial charge in [-0.1, -0.05) is 23.7 Å². The third-order valence-corrected chi connectivity index (χ3v) is 4.59. The number of hydrogen-bond donors (Lipinski definition) is 2. The summed E-state index contributed by atoms with van der Waals surface area (Å²) in [6, 6.07) is 18.3. The second kappa shape index (κ2) is 10.3. The maximum Gasteiger partial charge on any atom is 0.273 e. The fraction of sp³-hybridized carbons (Fsp3) is 0.0870. The molecule has 0 heterocycles. The molecule has 7 nitrogen and oxygen atoms in total. The zero-order valence-electron chi connectivity index (χ0n) is 16.9. The highest BCUT2D eigenvalue weighted by molar-refractivity contribution is 6.30. The van der Waals surface area contributed by atoms with E-state index in [0.29, 0.717) is 33.3 Å². The molecule has 31 heavy (non-hydrogen) atoms. The van der Waals surface area contributed by atoms with Gasteiger partial charge in [0.25, 0.3) is 11.8 Å². The van der Waals surface area contributed by atoms with Gasteiger partial charge in [0.2, 0.25) is 0 Å². The molecular formula is C23H20ClN3O4. The van der Waals surface area contributed by atoms with Gasteiger partial charge in [-0.3, -0.25) is 9.59 Å². The van der Waals surface area contributed by atoms with Crippen LogP contribution in [-0.2, 0) is 0 Å². The highest BCUT2D eigenvalue weighted by atomic mass is 35.5. The van der Waals surface area contributed by atoms with Crippen molar-refractivity contribution in [3.63, 3.8) is 0 Å². The molecule has 0 bridgehead atoms. The lowest BCUT2D eigenvalue weighted by Gasteiger charge is -2.10. The molecule has 0 aromatic heterocycles. The van der Waals surface area contributed by atoms with E-state index < -0.39 is 5.91 Å². The summed E-state index contributed by atoms with van der Waals surface area (Å²) < 4.78 is 10.5. The third-order valence-electron chi connectivity index (χ3n) is 4.34. The van der Waals surface area contributed by atoms with Crippen LogP contribution in [0.1, 0.15) is 26.3 Å². The van der Waals surface area contributed by atoms with Crippen LogP contribution in [0.4, 0.5) is 5.69 Å². The van der Waals surface area contributed by atoms with Crippen LogP contribution >= 0.6 is 11.6 Å². The molecule has 0 saturated heterocycles. The number of hydrazone groups is 1. The number of methoxy groups -OCH3 is 2. The number of nitrogens with one attached hydrogen (secondary N) is 2. The van der Waals surface area contributed by atoms with Crippen molar-refractivity contribution in [3.05, 3.63) is 88.4 Å². The molecule has 8 heteroatoms. The Balaban J connectivity index is 1.72. The Morgan fingerprint density at radius 1 is 0.935 bits per heavy atom. The van der Waals surface area contributed by atoms with Crippen LogP contribution in [0.25, 0.3) is 0 Å². The number of halogens is 1. The van der Waals surface area contributed by atoms with Crippen molar-refractivity contribution in [2.24, 2.45) is 5.10 Å². The van der Waals surface area contributed by atoms with Crippen molar-refractivity contribution in [2.75, 3.05) is 19.5 Å². The number of carbonyl (C=O) groups excluding carboxylic acids is 2. The molecule has 3 aromatic rings. The lowest BCUT2D eigenvalue weighted by Crippen LogP contribution is -2.21. The minimum Gasteiger partial charge on any atom is -0.497 e. The Kier molecular flexibility index (Phi) is 7.24. The van der Waals surface area contributed by atoms with Crippen molar-refractivity contribution < 1.29 is 19.1 Å². The quantitative estimate of drug-likeness (QED) is 0.424.